The first-order chi connectivity index (χ1) is 19.9. The van der Waals surface area contributed by atoms with Gasteiger partial charge in [-0.1, -0.05) is 96.1 Å². The van der Waals surface area contributed by atoms with Crippen molar-refractivity contribution in [2.45, 2.75) is 59.3 Å². The largest absolute Gasteiger partial charge is 0.309 e. The van der Waals surface area contributed by atoms with Gasteiger partial charge in [0.1, 0.15) is 0 Å². The molecule has 2 heteroatoms. The molecule has 0 radical (unpaired) electrons. The highest BCUT2D eigenvalue weighted by Gasteiger charge is 2.22. The summed E-state index contributed by atoms with van der Waals surface area (Å²) in [5, 5.41) is 12.2. The van der Waals surface area contributed by atoms with Crippen molar-refractivity contribution in [2.75, 3.05) is 0 Å². The molecule has 0 aliphatic carbocycles. The highest BCUT2D eigenvalue weighted by atomic mass is 15.0. The van der Waals surface area contributed by atoms with E-state index in [-0.39, 0.29) is 10.8 Å². The van der Waals surface area contributed by atoms with Crippen molar-refractivity contribution in [3.05, 3.63) is 125 Å². The summed E-state index contributed by atoms with van der Waals surface area (Å²) in [6, 6.07) is 39.7. The fraction of sp³-hybridized carbons (Fsp3) is 0.225. The van der Waals surface area contributed by atoms with E-state index in [0.717, 1.165) is 33.5 Å². The molecule has 1 aromatic heterocycles. The quantitative estimate of drug-likeness (QED) is 0.217. The van der Waals surface area contributed by atoms with Gasteiger partial charge >= 0.3 is 0 Å². The Bertz CT molecular complexity index is 1930. The smallest absolute Gasteiger partial charge is 0.0991 e. The summed E-state index contributed by atoms with van der Waals surface area (Å²) in [7, 11) is 0. The van der Waals surface area contributed by atoms with Crippen LogP contribution in [0.2, 0.25) is 0 Å². The number of nitriles is 1. The fourth-order valence-corrected chi connectivity index (χ4v) is 5.99. The maximum atomic E-state index is 9.62. The van der Waals surface area contributed by atoms with E-state index in [1.54, 1.807) is 0 Å². The zero-order valence-corrected chi connectivity index (χ0v) is 25.7. The number of aromatic nitrogens is 1. The van der Waals surface area contributed by atoms with E-state index in [0.29, 0.717) is 5.56 Å². The summed E-state index contributed by atoms with van der Waals surface area (Å²) in [4.78, 5) is 0. The van der Waals surface area contributed by atoms with Crippen molar-refractivity contribution >= 4 is 21.8 Å². The zero-order chi connectivity index (χ0) is 29.8. The molecular weight excluding hydrogens is 508 g/mol. The van der Waals surface area contributed by atoms with Crippen LogP contribution < -0.4 is 0 Å². The molecule has 208 valence electrons. The molecule has 1 heterocycles. The number of aryl methyl sites for hydroxylation is 1. The minimum atomic E-state index is 0.0528. The number of fused-ring (bicyclic) bond motifs is 3. The summed E-state index contributed by atoms with van der Waals surface area (Å²) < 4.78 is 2.44. The summed E-state index contributed by atoms with van der Waals surface area (Å²) in [5.74, 6) is 0. The van der Waals surface area contributed by atoms with E-state index in [9.17, 15) is 5.26 Å². The van der Waals surface area contributed by atoms with Crippen LogP contribution in [-0.2, 0) is 10.8 Å². The molecule has 0 saturated heterocycles. The van der Waals surface area contributed by atoms with Crippen LogP contribution in [0.15, 0.2) is 103 Å². The third kappa shape index (κ3) is 4.90. The van der Waals surface area contributed by atoms with Gasteiger partial charge in [-0.15, -0.1) is 0 Å². The standard InChI is InChI=1S/C40H38N2/c1-26-19-27(25-41)21-30(20-26)29-13-16-36(33(22-29)28-11-9-8-10-12-28)42-37-17-14-31(39(2,3)4)23-34(37)35-24-32(40(5,6)7)15-18-38(35)42/h8-24H,1-7H3. The van der Waals surface area contributed by atoms with E-state index < -0.39 is 0 Å². The van der Waals surface area contributed by atoms with Gasteiger partial charge in [0.15, 0.2) is 0 Å². The molecule has 0 unspecified atom stereocenters. The summed E-state index contributed by atoms with van der Waals surface area (Å²) >= 11 is 0. The zero-order valence-electron chi connectivity index (χ0n) is 25.7. The number of nitrogens with zero attached hydrogens (tertiary/aromatic N) is 2. The molecular formula is C40H38N2. The first-order valence-electron chi connectivity index (χ1n) is 14.8. The Morgan fingerprint density at radius 1 is 0.571 bits per heavy atom. The topological polar surface area (TPSA) is 28.7 Å². The molecule has 0 N–H and O–H groups in total. The molecule has 6 rings (SSSR count). The van der Waals surface area contributed by atoms with Crippen molar-refractivity contribution in [3.63, 3.8) is 0 Å². The molecule has 0 saturated carbocycles. The van der Waals surface area contributed by atoms with E-state index in [1.165, 1.54) is 32.9 Å². The van der Waals surface area contributed by atoms with Crippen molar-refractivity contribution < 1.29 is 0 Å². The molecule has 0 atom stereocenters. The lowest BCUT2D eigenvalue weighted by atomic mass is 9.85. The van der Waals surface area contributed by atoms with Crippen LogP contribution in [0.1, 0.15) is 63.8 Å². The minimum absolute atomic E-state index is 0.0528. The van der Waals surface area contributed by atoms with Gasteiger partial charge in [-0.3, -0.25) is 0 Å². The molecule has 5 aromatic carbocycles. The van der Waals surface area contributed by atoms with Gasteiger partial charge < -0.3 is 4.57 Å². The maximum Gasteiger partial charge on any atom is 0.0991 e. The highest BCUT2D eigenvalue weighted by molar-refractivity contribution is 6.10. The molecule has 6 aromatic rings. The summed E-state index contributed by atoms with van der Waals surface area (Å²) in [6.45, 7) is 15.7. The predicted octanol–water partition coefficient (Wildman–Crippen LogP) is 10.9. The van der Waals surface area contributed by atoms with Gasteiger partial charge in [-0.2, -0.15) is 5.26 Å². The predicted molar refractivity (Wildman–Crippen MR) is 179 cm³/mol. The lowest BCUT2D eigenvalue weighted by Crippen LogP contribution is -2.10. The Hall–Kier alpha value is -4.61. The lowest BCUT2D eigenvalue weighted by Gasteiger charge is -2.19. The average molecular weight is 547 g/mol. The number of rotatable bonds is 3. The Balaban J connectivity index is 1.69. The van der Waals surface area contributed by atoms with Gasteiger partial charge in [0, 0.05) is 16.3 Å². The van der Waals surface area contributed by atoms with E-state index >= 15 is 0 Å². The van der Waals surface area contributed by atoms with Crippen molar-refractivity contribution in [3.8, 4) is 34.0 Å². The van der Waals surface area contributed by atoms with E-state index in [1.807, 2.05) is 19.1 Å². The SMILES string of the molecule is Cc1cc(C#N)cc(-c2ccc(-n3c4ccc(C(C)(C)C)cc4c4cc(C(C)(C)C)ccc43)c(-c3ccccc3)c2)c1. The van der Waals surface area contributed by atoms with Crippen molar-refractivity contribution in [1.82, 2.24) is 4.57 Å². The Labute approximate surface area is 249 Å². The van der Waals surface area contributed by atoms with Crippen LogP contribution in [0.5, 0.6) is 0 Å². The van der Waals surface area contributed by atoms with Crippen LogP contribution >= 0.6 is 0 Å². The lowest BCUT2D eigenvalue weighted by molar-refractivity contribution is 0.590. The van der Waals surface area contributed by atoms with Crippen molar-refractivity contribution in [1.29, 1.82) is 5.26 Å². The maximum absolute atomic E-state index is 9.62. The molecule has 0 bridgehead atoms. The minimum Gasteiger partial charge on any atom is -0.309 e. The second kappa shape index (κ2) is 10.0. The van der Waals surface area contributed by atoms with E-state index in [4.69, 9.17) is 0 Å². The third-order valence-corrected chi connectivity index (χ3v) is 8.36. The fourth-order valence-electron chi connectivity index (χ4n) is 5.99. The monoisotopic (exact) mass is 546 g/mol. The summed E-state index contributed by atoms with van der Waals surface area (Å²) in [5.41, 5.74) is 12.6. The van der Waals surface area contributed by atoms with Crippen LogP contribution in [-0.4, -0.2) is 4.57 Å². The molecule has 0 spiro atoms. The van der Waals surface area contributed by atoms with Crippen LogP contribution in [0.25, 0.3) is 49.7 Å². The average Bonchev–Trinajstić information content (AvgIpc) is 3.29. The Morgan fingerprint density at radius 3 is 1.71 bits per heavy atom. The summed E-state index contributed by atoms with van der Waals surface area (Å²) in [6.07, 6.45) is 0. The molecule has 42 heavy (non-hydrogen) atoms. The normalized spacial score (nSPS) is 12.1. The first-order valence-corrected chi connectivity index (χ1v) is 14.8. The molecule has 0 aliphatic rings. The Morgan fingerprint density at radius 2 is 1.17 bits per heavy atom. The van der Waals surface area contributed by atoms with Crippen LogP contribution in [0, 0.1) is 18.3 Å². The number of hydrogen-bond acceptors (Lipinski definition) is 1. The van der Waals surface area contributed by atoms with Gasteiger partial charge in [-0.25, -0.2) is 0 Å². The van der Waals surface area contributed by atoms with Crippen molar-refractivity contribution in [2.24, 2.45) is 0 Å². The molecule has 2 nitrogen and oxygen atoms in total. The molecule has 0 fully saturated rings. The highest BCUT2D eigenvalue weighted by Crippen LogP contribution is 2.41. The second-order valence-electron chi connectivity index (χ2n) is 13.6. The van der Waals surface area contributed by atoms with Crippen LogP contribution in [0.4, 0.5) is 0 Å². The first kappa shape index (κ1) is 27.6. The molecule has 0 amide bonds. The van der Waals surface area contributed by atoms with Gasteiger partial charge in [-0.05, 0) is 99.7 Å². The van der Waals surface area contributed by atoms with Gasteiger partial charge in [0.05, 0.1) is 28.4 Å². The number of benzene rings is 5. The molecule has 0 aliphatic heterocycles. The Kier molecular flexibility index (Phi) is 6.58. The van der Waals surface area contributed by atoms with Crippen LogP contribution in [0.3, 0.4) is 0 Å². The van der Waals surface area contributed by atoms with Gasteiger partial charge in [0.2, 0.25) is 0 Å². The van der Waals surface area contributed by atoms with E-state index in [2.05, 4.69) is 143 Å². The second-order valence-corrected chi connectivity index (χ2v) is 13.6. The third-order valence-electron chi connectivity index (χ3n) is 8.36. The van der Waals surface area contributed by atoms with Gasteiger partial charge in [0.25, 0.3) is 0 Å². The number of hydrogen-bond donors (Lipinski definition) is 0.